The van der Waals surface area contributed by atoms with Crippen molar-refractivity contribution in [3.8, 4) is 0 Å². The number of esters is 1. The lowest BCUT2D eigenvalue weighted by atomic mass is 10.3. The van der Waals surface area contributed by atoms with E-state index in [4.69, 9.17) is 4.74 Å². The van der Waals surface area contributed by atoms with Crippen molar-refractivity contribution in [3.05, 3.63) is 30.3 Å². The molecule has 1 aromatic rings. The van der Waals surface area contributed by atoms with Crippen LogP contribution in [0.4, 0.5) is 5.69 Å². The third kappa shape index (κ3) is 3.31. The Kier molecular flexibility index (Phi) is 3.42. The van der Waals surface area contributed by atoms with Gasteiger partial charge in [-0.2, -0.15) is 0 Å². The summed E-state index contributed by atoms with van der Waals surface area (Å²) in [5, 5.41) is 2.69. The zero-order valence-electron chi connectivity index (χ0n) is 9.68. The van der Waals surface area contributed by atoms with Crippen LogP contribution in [0.1, 0.15) is 19.8 Å². The first kappa shape index (κ1) is 11.6. The first-order valence-corrected chi connectivity index (χ1v) is 5.73. The second-order valence-electron chi connectivity index (χ2n) is 4.21. The summed E-state index contributed by atoms with van der Waals surface area (Å²) in [7, 11) is 0. The van der Waals surface area contributed by atoms with Gasteiger partial charge in [0.2, 0.25) is 0 Å². The van der Waals surface area contributed by atoms with E-state index in [0.717, 1.165) is 12.8 Å². The maximum Gasteiger partial charge on any atom is 0.309 e. The molecule has 1 amide bonds. The van der Waals surface area contributed by atoms with Gasteiger partial charge in [0.1, 0.15) is 0 Å². The van der Waals surface area contributed by atoms with Crippen LogP contribution < -0.4 is 5.32 Å². The predicted octanol–water partition coefficient (Wildman–Crippen LogP) is 1.97. The van der Waals surface area contributed by atoms with Gasteiger partial charge in [0.15, 0.2) is 6.10 Å². The fraction of sp³-hybridized carbons (Fsp3) is 0.385. The van der Waals surface area contributed by atoms with Crippen molar-refractivity contribution in [1.82, 2.24) is 0 Å². The number of amides is 1. The summed E-state index contributed by atoms with van der Waals surface area (Å²) in [5.74, 6) is -0.548. The Morgan fingerprint density at radius 1 is 1.29 bits per heavy atom. The van der Waals surface area contributed by atoms with E-state index in [1.807, 2.05) is 18.2 Å². The van der Waals surface area contributed by atoms with Crippen molar-refractivity contribution in [2.45, 2.75) is 25.9 Å². The summed E-state index contributed by atoms with van der Waals surface area (Å²) in [6, 6.07) is 9.10. The first-order chi connectivity index (χ1) is 8.16. The van der Waals surface area contributed by atoms with E-state index in [-0.39, 0.29) is 17.8 Å². The van der Waals surface area contributed by atoms with Crippen LogP contribution in [0.5, 0.6) is 0 Å². The number of carbonyl (C=O) groups excluding carboxylic acids is 2. The van der Waals surface area contributed by atoms with Gasteiger partial charge in [-0.3, -0.25) is 9.59 Å². The van der Waals surface area contributed by atoms with E-state index in [0.29, 0.717) is 5.69 Å². The molecule has 0 unspecified atom stereocenters. The Morgan fingerprint density at radius 2 is 1.94 bits per heavy atom. The molecular formula is C13H15NO3. The van der Waals surface area contributed by atoms with Crippen molar-refractivity contribution in [2.75, 3.05) is 5.32 Å². The molecule has 0 saturated heterocycles. The van der Waals surface area contributed by atoms with Gasteiger partial charge in [-0.1, -0.05) is 18.2 Å². The largest absolute Gasteiger partial charge is 0.452 e. The zero-order valence-corrected chi connectivity index (χ0v) is 9.68. The SMILES string of the molecule is C[C@@H](OC(=O)C1CC1)C(=O)Nc1ccccc1. The molecule has 1 fully saturated rings. The minimum absolute atomic E-state index is 0.0157. The minimum atomic E-state index is -0.747. The molecule has 90 valence electrons. The number of nitrogens with one attached hydrogen (secondary N) is 1. The third-order valence-electron chi connectivity index (χ3n) is 2.61. The normalized spacial score (nSPS) is 16.1. The number of hydrogen-bond donors (Lipinski definition) is 1. The summed E-state index contributed by atoms with van der Waals surface area (Å²) >= 11 is 0. The molecule has 4 nitrogen and oxygen atoms in total. The molecule has 0 heterocycles. The Balaban J connectivity index is 1.84. The summed E-state index contributed by atoms with van der Waals surface area (Å²) in [5.41, 5.74) is 0.701. The van der Waals surface area contributed by atoms with Gasteiger partial charge in [0.25, 0.3) is 5.91 Å². The van der Waals surface area contributed by atoms with Gasteiger partial charge in [0, 0.05) is 5.69 Å². The van der Waals surface area contributed by atoms with Crippen LogP contribution in [0.3, 0.4) is 0 Å². The van der Waals surface area contributed by atoms with Crippen LogP contribution in [0.2, 0.25) is 0 Å². The molecule has 1 aromatic carbocycles. The second-order valence-corrected chi connectivity index (χ2v) is 4.21. The van der Waals surface area contributed by atoms with Gasteiger partial charge in [-0.05, 0) is 31.9 Å². The highest BCUT2D eigenvalue weighted by Crippen LogP contribution is 2.30. The maximum absolute atomic E-state index is 11.7. The Bertz CT molecular complexity index is 412. The summed E-state index contributed by atoms with van der Waals surface area (Å²) in [6.45, 7) is 1.58. The summed E-state index contributed by atoms with van der Waals surface area (Å²) in [4.78, 5) is 23.1. The monoisotopic (exact) mass is 233 g/mol. The van der Waals surface area contributed by atoms with Gasteiger partial charge in [-0.25, -0.2) is 0 Å². The van der Waals surface area contributed by atoms with E-state index in [9.17, 15) is 9.59 Å². The molecule has 1 aliphatic rings. The smallest absolute Gasteiger partial charge is 0.309 e. The van der Waals surface area contributed by atoms with Crippen molar-refractivity contribution < 1.29 is 14.3 Å². The standard InChI is InChI=1S/C13H15NO3/c1-9(17-13(16)10-7-8-10)12(15)14-11-5-3-2-4-6-11/h2-6,9-10H,7-8H2,1H3,(H,14,15)/t9-/m1/s1. The highest BCUT2D eigenvalue weighted by atomic mass is 16.5. The van der Waals surface area contributed by atoms with Crippen LogP contribution >= 0.6 is 0 Å². The third-order valence-corrected chi connectivity index (χ3v) is 2.61. The molecule has 1 atom stereocenters. The van der Waals surface area contributed by atoms with E-state index in [2.05, 4.69) is 5.32 Å². The second kappa shape index (κ2) is 4.99. The average molecular weight is 233 g/mol. The molecule has 0 bridgehead atoms. The van der Waals surface area contributed by atoms with E-state index >= 15 is 0 Å². The van der Waals surface area contributed by atoms with Crippen LogP contribution in [0.15, 0.2) is 30.3 Å². The lowest BCUT2D eigenvalue weighted by Crippen LogP contribution is -2.30. The number of rotatable bonds is 4. The zero-order chi connectivity index (χ0) is 12.3. The molecule has 1 saturated carbocycles. The molecule has 4 heteroatoms. The van der Waals surface area contributed by atoms with Crippen molar-refractivity contribution in [1.29, 1.82) is 0 Å². The Morgan fingerprint density at radius 3 is 2.53 bits per heavy atom. The fourth-order valence-corrected chi connectivity index (χ4v) is 1.41. The van der Waals surface area contributed by atoms with E-state index in [1.165, 1.54) is 0 Å². The molecular weight excluding hydrogens is 218 g/mol. The summed E-state index contributed by atoms with van der Waals surface area (Å²) < 4.78 is 5.06. The predicted molar refractivity (Wildman–Crippen MR) is 63.3 cm³/mol. The average Bonchev–Trinajstić information content (AvgIpc) is 3.14. The number of benzene rings is 1. The van der Waals surface area contributed by atoms with Crippen molar-refractivity contribution in [2.24, 2.45) is 5.92 Å². The number of para-hydroxylation sites is 1. The molecule has 2 rings (SSSR count). The van der Waals surface area contributed by atoms with Gasteiger partial charge in [0.05, 0.1) is 5.92 Å². The number of carbonyl (C=O) groups is 2. The number of anilines is 1. The number of ether oxygens (including phenoxy) is 1. The molecule has 1 N–H and O–H groups in total. The van der Waals surface area contributed by atoms with E-state index in [1.54, 1.807) is 19.1 Å². The van der Waals surface area contributed by atoms with Crippen LogP contribution in [0.25, 0.3) is 0 Å². The Hall–Kier alpha value is -1.84. The maximum atomic E-state index is 11.7. The van der Waals surface area contributed by atoms with E-state index < -0.39 is 6.10 Å². The Labute approximate surface area is 100.0 Å². The summed E-state index contributed by atoms with van der Waals surface area (Å²) in [6.07, 6.45) is 1.01. The van der Waals surface area contributed by atoms with Gasteiger partial charge in [-0.15, -0.1) is 0 Å². The van der Waals surface area contributed by atoms with Crippen molar-refractivity contribution in [3.63, 3.8) is 0 Å². The topological polar surface area (TPSA) is 55.4 Å². The molecule has 0 aliphatic heterocycles. The number of hydrogen-bond acceptors (Lipinski definition) is 3. The lowest BCUT2D eigenvalue weighted by Gasteiger charge is -2.13. The highest BCUT2D eigenvalue weighted by molar-refractivity contribution is 5.95. The molecule has 0 radical (unpaired) electrons. The van der Waals surface area contributed by atoms with Crippen molar-refractivity contribution >= 4 is 17.6 Å². The quantitative estimate of drug-likeness (QED) is 0.809. The fourth-order valence-electron chi connectivity index (χ4n) is 1.41. The van der Waals surface area contributed by atoms with Gasteiger partial charge < -0.3 is 10.1 Å². The molecule has 17 heavy (non-hydrogen) atoms. The van der Waals surface area contributed by atoms with Gasteiger partial charge >= 0.3 is 5.97 Å². The minimum Gasteiger partial charge on any atom is -0.452 e. The first-order valence-electron chi connectivity index (χ1n) is 5.73. The van der Waals surface area contributed by atoms with Crippen LogP contribution in [-0.4, -0.2) is 18.0 Å². The molecule has 1 aliphatic carbocycles. The molecule has 0 aromatic heterocycles. The molecule has 0 spiro atoms. The van der Waals surface area contributed by atoms with Crippen LogP contribution in [-0.2, 0) is 14.3 Å². The lowest BCUT2D eigenvalue weighted by molar-refractivity contribution is -0.154. The van der Waals surface area contributed by atoms with Crippen LogP contribution in [0, 0.1) is 5.92 Å². The highest BCUT2D eigenvalue weighted by Gasteiger charge is 2.33.